The van der Waals surface area contributed by atoms with E-state index in [1.807, 2.05) is 30.3 Å². The van der Waals surface area contributed by atoms with Gasteiger partial charge in [-0.05, 0) is 22.8 Å². The number of fused-ring (bicyclic) bond motifs is 1. The minimum Gasteiger partial charge on any atom is -0.508 e. The Morgan fingerprint density at radius 2 is 1.84 bits per heavy atom. The summed E-state index contributed by atoms with van der Waals surface area (Å²) in [7, 11) is 0. The summed E-state index contributed by atoms with van der Waals surface area (Å²) in [4.78, 5) is 0. The van der Waals surface area contributed by atoms with Crippen molar-refractivity contribution >= 4 is 10.8 Å². The molecule has 0 aromatic heterocycles. The normalized spacial score (nSPS) is 13.1. The number of phenols is 1. The summed E-state index contributed by atoms with van der Waals surface area (Å²) < 4.78 is 0. The van der Waals surface area contributed by atoms with E-state index in [1.165, 1.54) is 0 Å². The first-order valence-electron chi connectivity index (χ1n) is 6.67. The lowest BCUT2D eigenvalue weighted by molar-refractivity contribution is 0.210. The van der Waals surface area contributed by atoms with E-state index < -0.39 is 0 Å². The number of rotatable bonds is 5. The van der Waals surface area contributed by atoms with Crippen molar-refractivity contribution in [3.05, 3.63) is 42.0 Å². The second-order valence-corrected chi connectivity index (χ2v) is 5.20. The molecule has 3 N–H and O–H groups in total. The molecule has 3 nitrogen and oxygen atoms in total. The summed E-state index contributed by atoms with van der Waals surface area (Å²) >= 11 is 0. The molecule has 0 unspecified atom stereocenters. The second kappa shape index (κ2) is 6.04. The van der Waals surface area contributed by atoms with E-state index in [9.17, 15) is 10.2 Å². The fraction of sp³-hybridized carbons (Fsp3) is 0.375. The van der Waals surface area contributed by atoms with Crippen LogP contribution in [0.5, 0.6) is 5.75 Å². The maximum Gasteiger partial charge on any atom is 0.120 e. The van der Waals surface area contributed by atoms with Crippen molar-refractivity contribution in [2.45, 2.75) is 26.4 Å². The Hall–Kier alpha value is -1.58. The van der Waals surface area contributed by atoms with Crippen LogP contribution in [-0.4, -0.2) is 22.9 Å². The predicted molar refractivity (Wildman–Crippen MR) is 78.2 cm³/mol. The van der Waals surface area contributed by atoms with Gasteiger partial charge in [0.2, 0.25) is 0 Å². The molecule has 2 aromatic carbocycles. The van der Waals surface area contributed by atoms with Crippen LogP contribution >= 0.6 is 0 Å². The van der Waals surface area contributed by atoms with Gasteiger partial charge in [-0.1, -0.05) is 44.2 Å². The zero-order valence-electron chi connectivity index (χ0n) is 11.4. The molecule has 0 radical (unpaired) electrons. The fourth-order valence-electron chi connectivity index (χ4n) is 2.25. The third kappa shape index (κ3) is 3.06. The van der Waals surface area contributed by atoms with Crippen molar-refractivity contribution in [3.63, 3.8) is 0 Å². The molecule has 102 valence electrons. The highest BCUT2D eigenvalue weighted by Crippen LogP contribution is 2.27. The van der Waals surface area contributed by atoms with E-state index in [1.54, 1.807) is 6.07 Å². The van der Waals surface area contributed by atoms with Crippen molar-refractivity contribution in [1.29, 1.82) is 0 Å². The standard InChI is InChI=1S/C16H21NO2/c1-11(2)15(10-18)17-9-14-13-6-4-3-5-12(13)7-8-16(14)19/h3-8,11,15,17-19H,9-10H2,1-2H3/t15-/m1/s1. The molecule has 0 heterocycles. The first-order chi connectivity index (χ1) is 9.13. The third-order valence-electron chi connectivity index (χ3n) is 3.56. The molecular formula is C16H21NO2. The van der Waals surface area contributed by atoms with Crippen LogP contribution in [0.25, 0.3) is 10.8 Å². The molecule has 0 fully saturated rings. The largest absolute Gasteiger partial charge is 0.508 e. The number of benzene rings is 2. The first kappa shape index (κ1) is 13.8. The van der Waals surface area contributed by atoms with E-state index in [4.69, 9.17) is 0 Å². The van der Waals surface area contributed by atoms with Gasteiger partial charge >= 0.3 is 0 Å². The number of aliphatic hydroxyl groups excluding tert-OH is 1. The van der Waals surface area contributed by atoms with E-state index in [0.29, 0.717) is 18.2 Å². The molecule has 0 saturated carbocycles. The smallest absolute Gasteiger partial charge is 0.120 e. The van der Waals surface area contributed by atoms with Gasteiger partial charge in [0.1, 0.15) is 5.75 Å². The van der Waals surface area contributed by atoms with Crippen molar-refractivity contribution < 1.29 is 10.2 Å². The van der Waals surface area contributed by atoms with E-state index in [-0.39, 0.29) is 12.6 Å². The number of aliphatic hydroxyl groups is 1. The van der Waals surface area contributed by atoms with E-state index in [2.05, 4.69) is 19.2 Å². The van der Waals surface area contributed by atoms with Crippen LogP contribution in [0.2, 0.25) is 0 Å². The Labute approximate surface area is 113 Å². The van der Waals surface area contributed by atoms with Crippen LogP contribution in [-0.2, 0) is 6.54 Å². The summed E-state index contributed by atoms with van der Waals surface area (Å²) in [6.07, 6.45) is 0. The Morgan fingerprint density at radius 1 is 1.11 bits per heavy atom. The molecule has 2 aromatic rings. The average Bonchev–Trinajstić information content (AvgIpc) is 2.41. The number of phenolic OH excluding ortho intramolecular Hbond substituents is 1. The molecule has 0 aliphatic carbocycles. The monoisotopic (exact) mass is 259 g/mol. The number of aromatic hydroxyl groups is 1. The maximum absolute atomic E-state index is 10.0. The van der Waals surface area contributed by atoms with Gasteiger partial charge in [-0.25, -0.2) is 0 Å². The molecule has 0 aliphatic heterocycles. The Balaban J connectivity index is 2.27. The van der Waals surface area contributed by atoms with Gasteiger partial charge in [0.15, 0.2) is 0 Å². The quantitative estimate of drug-likeness (QED) is 0.773. The third-order valence-corrected chi connectivity index (χ3v) is 3.56. The Morgan fingerprint density at radius 3 is 2.53 bits per heavy atom. The minimum absolute atomic E-state index is 0.0402. The number of nitrogens with one attached hydrogen (secondary N) is 1. The van der Waals surface area contributed by atoms with Gasteiger partial charge in [-0.3, -0.25) is 0 Å². The number of hydrogen-bond acceptors (Lipinski definition) is 3. The topological polar surface area (TPSA) is 52.5 Å². The lowest BCUT2D eigenvalue weighted by Crippen LogP contribution is -2.36. The molecule has 0 bridgehead atoms. The molecule has 0 saturated heterocycles. The van der Waals surface area contributed by atoms with Crippen LogP contribution in [0.15, 0.2) is 36.4 Å². The predicted octanol–water partition coefficient (Wildman–Crippen LogP) is 2.65. The summed E-state index contributed by atoms with van der Waals surface area (Å²) in [6.45, 7) is 4.79. The molecule has 0 amide bonds. The summed E-state index contributed by atoms with van der Waals surface area (Å²) in [5.41, 5.74) is 0.886. The number of hydrogen-bond donors (Lipinski definition) is 3. The zero-order chi connectivity index (χ0) is 13.8. The van der Waals surface area contributed by atoms with Gasteiger partial charge in [0.25, 0.3) is 0 Å². The maximum atomic E-state index is 10.0. The SMILES string of the molecule is CC(C)[C@@H](CO)NCc1c(O)ccc2ccccc12. The zero-order valence-corrected chi connectivity index (χ0v) is 11.4. The van der Waals surface area contributed by atoms with Crippen LogP contribution < -0.4 is 5.32 Å². The molecular weight excluding hydrogens is 238 g/mol. The molecule has 19 heavy (non-hydrogen) atoms. The lowest BCUT2D eigenvalue weighted by Gasteiger charge is -2.21. The van der Waals surface area contributed by atoms with Crippen LogP contribution in [0.1, 0.15) is 19.4 Å². The van der Waals surface area contributed by atoms with E-state index in [0.717, 1.165) is 16.3 Å². The van der Waals surface area contributed by atoms with E-state index >= 15 is 0 Å². The van der Waals surface area contributed by atoms with Crippen molar-refractivity contribution in [2.75, 3.05) is 6.61 Å². The summed E-state index contributed by atoms with van der Waals surface area (Å²) in [5, 5.41) is 24.8. The van der Waals surface area contributed by atoms with Gasteiger partial charge in [0, 0.05) is 18.2 Å². The lowest BCUT2D eigenvalue weighted by atomic mass is 10.0. The summed E-state index contributed by atoms with van der Waals surface area (Å²) in [6, 6.07) is 11.7. The molecule has 0 spiro atoms. The minimum atomic E-state index is 0.0402. The highest BCUT2D eigenvalue weighted by atomic mass is 16.3. The average molecular weight is 259 g/mol. The van der Waals surface area contributed by atoms with Crippen LogP contribution in [0.3, 0.4) is 0 Å². The van der Waals surface area contributed by atoms with Gasteiger partial charge in [0.05, 0.1) is 6.61 Å². The van der Waals surface area contributed by atoms with Crippen molar-refractivity contribution in [3.8, 4) is 5.75 Å². The second-order valence-electron chi connectivity index (χ2n) is 5.20. The summed E-state index contributed by atoms with van der Waals surface area (Å²) in [5.74, 6) is 0.647. The van der Waals surface area contributed by atoms with Gasteiger partial charge in [-0.15, -0.1) is 0 Å². The Bertz CT molecular complexity index is 551. The van der Waals surface area contributed by atoms with Crippen LogP contribution in [0.4, 0.5) is 0 Å². The van der Waals surface area contributed by atoms with Gasteiger partial charge < -0.3 is 15.5 Å². The molecule has 1 atom stereocenters. The van der Waals surface area contributed by atoms with Gasteiger partial charge in [-0.2, -0.15) is 0 Å². The molecule has 3 heteroatoms. The van der Waals surface area contributed by atoms with Crippen LogP contribution in [0, 0.1) is 5.92 Å². The van der Waals surface area contributed by atoms with Crippen molar-refractivity contribution in [1.82, 2.24) is 5.32 Å². The first-order valence-corrected chi connectivity index (χ1v) is 6.67. The molecule has 0 aliphatic rings. The van der Waals surface area contributed by atoms with Crippen molar-refractivity contribution in [2.24, 2.45) is 5.92 Å². The fourth-order valence-corrected chi connectivity index (χ4v) is 2.25. The highest BCUT2D eigenvalue weighted by Gasteiger charge is 2.13. The molecule has 2 rings (SSSR count). The highest BCUT2D eigenvalue weighted by molar-refractivity contribution is 5.87. The Kier molecular flexibility index (Phi) is 4.40.